The van der Waals surface area contributed by atoms with Crippen LogP contribution in [0.2, 0.25) is 0 Å². The van der Waals surface area contributed by atoms with E-state index < -0.39 is 9.84 Å². The smallest absolute Gasteiger partial charge is 0.244 e. The summed E-state index contributed by atoms with van der Waals surface area (Å²) >= 11 is 0. The van der Waals surface area contributed by atoms with Crippen molar-refractivity contribution in [2.24, 2.45) is 0 Å². The Kier molecular flexibility index (Phi) is 5.88. The van der Waals surface area contributed by atoms with Gasteiger partial charge in [0.25, 0.3) is 0 Å². The van der Waals surface area contributed by atoms with Crippen LogP contribution in [0.3, 0.4) is 0 Å². The van der Waals surface area contributed by atoms with Crippen molar-refractivity contribution in [3.05, 3.63) is 29.8 Å². The van der Waals surface area contributed by atoms with Crippen LogP contribution in [0.25, 0.3) is 6.08 Å². The Bertz CT molecular complexity index is 724. The third-order valence-corrected chi connectivity index (χ3v) is 5.32. The summed E-state index contributed by atoms with van der Waals surface area (Å²) in [5.74, 6) is 1.08. The molecule has 1 N–H and O–H groups in total. The van der Waals surface area contributed by atoms with Gasteiger partial charge in [0.1, 0.15) is 0 Å². The van der Waals surface area contributed by atoms with Crippen molar-refractivity contribution in [1.29, 1.82) is 0 Å². The molecule has 1 aromatic carbocycles. The molecule has 1 aliphatic heterocycles. The van der Waals surface area contributed by atoms with Gasteiger partial charge in [-0.2, -0.15) is 0 Å². The average molecular weight is 353 g/mol. The maximum atomic E-state index is 11.9. The van der Waals surface area contributed by atoms with Crippen LogP contribution >= 0.6 is 0 Å². The molecule has 2 rings (SSSR count). The minimum Gasteiger partial charge on any atom is -0.493 e. The highest BCUT2D eigenvalue weighted by Gasteiger charge is 2.28. The van der Waals surface area contributed by atoms with Gasteiger partial charge in [0.15, 0.2) is 21.3 Å². The molecule has 0 saturated carbocycles. The summed E-state index contributed by atoms with van der Waals surface area (Å²) in [5, 5.41) is 2.71. The molecular weight excluding hydrogens is 330 g/mol. The van der Waals surface area contributed by atoms with Crippen LogP contribution in [0.15, 0.2) is 24.3 Å². The van der Waals surface area contributed by atoms with Crippen molar-refractivity contribution in [1.82, 2.24) is 5.32 Å². The SMILES string of the molecule is COc1cc(/C=C/C(=O)NC2CCS(=O)(=O)C2)ccc1OC(C)C. The van der Waals surface area contributed by atoms with Crippen molar-refractivity contribution in [3.63, 3.8) is 0 Å². The second-order valence-corrected chi connectivity index (χ2v) is 8.25. The first-order valence-corrected chi connectivity index (χ1v) is 9.65. The van der Waals surface area contributed by atoms with Crippen LogP contribution in [0.5, 0.6) is 11.5 Å². The number of carbonyl (C=O) groups is 1. The van der Waals surface area contributed by atoms with E-state index in [-0.39, 0.29) is 29.6 Å². The number of ether oxygens (including phenoxy) is 2. The van der Waals surface area contributed by atoms with Crippen molar-refractivity contribution >= 4 is 21.8 Å². The lowest BCUT2D eigenvalue weighted by atomic mass is 10.2. The molecule has 0 aliphatic carbocycles. The van der Waals surface area contributed by atoms with Gasteiger partial charge in [-0.3, -0.25) is 4.79 Å². The zero-order valence-electron chi connectivity index (χ0n) is 14.1. The van der Waals surface area contributed by atoms with Gasteiger partial charge in [-0.15, -0.1) is 0 Å². The zero-order valence-corrected chi connectivity index (χ0v) is 14.9. The fraction of sp³-hybridized carbons (Fsp3) is 0.471. The highest BCUT2D eigenvalue weighted by atomic mass is 32.2. The topological polar surface area (TPSA) is 81.7 Å². The lowest BCUT2D eigenvalue weighted by Crippen LogP contribution is -2.34. The molecule has 1 saturated heterocycles. The van der Waals surface area contributed by atoms with E-state index in [9.17, 15) is 13.2 Å². The Balaban J connectivity index is 1.99. The number of sulfone groups is 1. The van der Waals surface area contributed by atoms with E-state index >= 15 is 0 Å². The van der Waals surface area contributed by atoms with Crippen LogP contribution in [-0.2, 0) is 14.6 Å². The third-order valence-electron chi connectivity index (χ3n) is 3.56. The maximum absolute atomic E-state index is 11.9. The molecule has 1 aliphatic rings. The van der Waals surface area contributed by atoms with E-state index in [0.717, 1.165) is 5.56 Å². The number of rotatable bonds is 6. The van der Waals surface area contributed by atoms with Crippen molar-refractivity contribution < 1.29 is 22.7 Å². The molecule has 1 unspecified atom stereocenters. The Hall–Kier alpha value is -2.02. The van der Waals surface area contributed by atoms with Gasteiger partial charge in [-0.25, -0.2) is 8.42 Å². The summed E-state index contributed by atoms with van der Waals surface area (Å²) in [5.41, 5.74) is 0.789. The van der Waals surface area contributed by atoms with Crippen LogP contribution in [0, 0.1) is 0 Å². The molecule has 1 atom stereocenters. The van der Waals surface area contributed by atoms with Crippen LogP contribution < -0.4 is 14.8 Å². The van der Waals surface area contributed by atoms with Crippen molar-refractivity contribution in [3.8, 4) is 11.5 Å². The first kappa shape index (κ1) is 18.3. The van der Waals surface area contributed by atoms with Crippen molar-refractivity contribution in [2.75, 3.05) is 18.6 Å². The minimum atomic E-state index is -3.00. The van der Waals surface area contributed by atoms with Crippen LogP contribution in [-0.4, -0.2) is 45.1 Å². The Morgan fingerprint density at radius 1 is 1.33 bits per heavy atom. The summed E-state index contributed by atoms with van der Waals surface area (Å²) in [6, 6.07) is 5.09. The largest absolute Gasteiger partial charge is 0.493 e. The molecule has 7 heteroatoms. The monoisotopic (exact) mass is 353 g/mol. The Morgan fingerprint density at radius 2 is 2.08 bits per heavy atom. The number of hydrogen-bond acceptors (Lipinski definition) is 5. The third kappa shape index (κ3) is 5.26. The zero-order chi connectivity index (χ0) is 17.7. The Labute approximate surface area is 142 Å². The number of amides is 1. The van der Waals surface area contributed by atoms with Gasteiger partial charge < -0.3 is 14.8 Å². The molecular formula is C17H23NO5S. The van der Waals surface area contributed by atoms with Gasteiger partial charge in [-0.1, -0.05) is 6.07 Å². The van der Waals surface area contributed by atoms with E-state index in [1.54, 1.807) is 25.3 Å². The number of hydrogen-bond donors (Lipinski definition) is 1. The second-order valence-electron chi connectivity index (χ2n) is 6.02. The van der Waals surface area contributed by atoms with Gasteiger partial charge in [0.05, 0.1) is 24.7 Å². The van der Waals surface area contributed by atoms with E-state index in [2.05, 4.69) is 5.32 Å². The summed E-state index contributed by atoms with van der Waals surface area (Å²) in [4.78, 5) is 11.9. The molecule has 1 fully saturated rings. The number of methoxy groups -OCH3 is 1. The van der Waals surface area contributed by atoms with Gasteiger partial charge in [-0.05, 0) is 44.0 Å². The normalized spacial score (nSPS) is 19.6. The fourth-order valence-electron chi connectivity index (χ4n) is 2.47. The molecule has 0 bridgehead atoms. The number of carbonyl (C=O) groups excluding carboxylic acids is 1. The summed E-state index contributed by atoms with van der Waals surface area (Å²) in [6.45, 7) is 3.86. The Morgan fingerprint density at radius 3 is 2.67 bits per heavy atom. The van der Waals surface area contributed by atoms with E-state index in [1.165, 1.54) is 6.08 Å². The number of benzene rings is 1. The quantitative estimate of drug-likeness (QED) is 0.789. The molecule has 1 amide bonds. The minimum absolute atomic E-state index is 0.0155. The maximum Gasteiger partial charge on any atom is 0.244 e. The fourth-order valence-corrected chi connectivity index (χ4v) is 4.14. The van der Waals surface area contributed by atoms with Crippen LogP contribution in [0.4, 0.5) is 0 Å². The molecule has 1 heterocycles. The number of nitrogens with one attached hydrogen (secondary N) is 1. The lowest BCUT2D eigenvalue weighted by molar-refractivity contribution is -0.116. The molecule has 0 spiro atoms. The first-order chi connectivity index (χ1) is 11.3. The average Bonchev–Trinajstić information content (AvgIpc) is 2.84. The van der Waals surface area contributed by atoms with E-state index in [0.29, 0.717) is 17.9 Å². The predicted molar refractivity (Wildman–Crippen MR) is 93.0 cm³/mol. The second kappa shape index (κ2) is 7.70. The van der Waals surface area contributed by atoms with E-state index in [1.807, 2.05) is 19.9 Å². The molecule has 132 valence electrons. The predicted octanol–water partition coefficient (Wildman–Crippen LogP) is 1.80. The molecule has 6 nitrogen and oxygen atoms in total. The lowest BCUT2D eigenvalue weighted by Gasteiger charge is -2.13. The van der Waals surface area contributed by atoms with Crippen molar-refractivity contribution in [2.45, 2.75) is 32.4 Å². The highest BCUT2D eigenvalue weighted by Crippen LogP contribution is 2.29. The summed E-state index contributed by atoms with van der Waals surface area (Å²) in [6.07, 6.45) is 3.55. The van der Waals surface area contributed by atoms with Gasteiger partial charge in [0, 0.05) is 12.1 Å². The van der Waals surface area contributed by atoms with Crippen LogP contribution in [0.1, 0.15) is 25.8 Å². The molecule has 24 heavy (non-hydrogen) atoms. The molecule has 0 radical (unpaired) electrons. The molecule has 0 aromatic heterocycles. The van der Waals surface area contributed by atoms with Gasteiger partial charge >= 0.3 is 0 Å². The summed E-state index contributed by atoms with van der Waals surface area (Å²) in [7, 11) is -1.44. The highest BCUT2D eigenvalue weighted by molar-refractivity contribution is 7.91. The van der Waals surface area contributed by atoms with Gasteiger partial charge in [0.2, 0.25) is 5.91 Å². The molecule has 1 aromatic rings. The standard InChI is InChI=1S/C17H23NO5S/c1-12(2)23-15-6-4-13(10-16(15)22-3)5-7-17(19)18-14-8-9-24(20,21)11-14/h4-7,10,12,14H,8-9,11H2,1-3H3,(H,18,19)/b7-5+. The summed E-state index contributed by atoms with van der Waals surface area (Å²) < 4.78 is 33.7. The van der Waals surface area contributed by atoms with E-state index in [4.69, 9.17) is 9.47 Å². The first-order valence-electron chi connectivity index (χ1n) is 7.83.